The summed E-state index contributed by atoms with van der Waals surface area (Å²) in [5.41, 5.74) is 5.18. The summed E-state index contributed by atoms with van der Waals surface area (Å²) >= 11 is 5.93. The molecule has 0 aliphatic heterocycles. The van der Waals surface area contributed by atoms with E-state index in [9.17, 15) is 4.39 Å². The fraction of sp³-hybridized carbons (Fsp3) is 0.0556. The Kier molecular flexibility index (Phi) is 3.50. The molecule has 0 fully saturated rings. The van der Waals surface area contributed by atoms with E-state index in [-0.39, 0.29) is 5.02 Å². The Balaban J connectivity index is 1.93. The monoisotopic (exact) mass is 338 g/mol. The number of aromatic nitrogens is 4. The first-order valence-electron chi connectivity index (χ1n) is 7.33. The Hall–Kier alpha value is -2.79. The zero-order chi connectivity index (χ0) is 16.7. The first kappa shape index (κ1) is 14.8. The van der Waals surface area contributed by atoms with Gasteiger partial charge in [0.25, 0.3) is 0 Å². The first-order valence-corrected chi connectivity index (χ1v) is 7.71. The molecule has 1 aromatic carbocycles. The zero-order valence-corrected chi connectivity index (χ0v) is 13.5. The van der Waals surface area contributed by atoms with Crippen molar-refractivity contribution in [3.8, 4) is 22.4 Å². The minimum absolute atomic E-state index is 0.0775. The summed E-state index contributed by atoms with van der Waals surface area (Å²) in [5, 5.41) is 4.18. The summed E-state index contributed by atoms with van der Waals surface area (Å²) in [7, 11) is 0. The van der Waals surface area contributed by atoms with Gasteiger partial charge in [0, 0.05) is 23.5 Å². The summed E-state index contributed by atoms with van der Waals surface area (Å²) < 4.78 is 15.2. The lowest BCUT2D eigenvalue weighted by Crippen LogP contribution is -1.93. The van der Waals surface area contributed by atoms with Gasteiger partial charge >= 0.3 is 0 Å². The number of halogens is 2. The normalized spacial score (nSPS) is 11.1. The highest BCUT2D eigenvalue weighted by molar-refractivity contribution is 6.31. The van der Waals surface area contributed by atoms with Crippen LogP contribution in [0, 0.1) is 12.7 Å². The Morgan fingerprint density at radius 2 is 1.92 bits per heavy atom. The molecule has 0 spiro atoms. The molecule has 0 N–H and O–H groups in total. The third-order valence-electron chi connectivity index (χ3n) is 3.81. The highest BCUT2D eigenvalue weighted by Gasteiger charge is 2.12. The molecule has 0 atom stereocenters. The van der Waals surface area contributed by atoms with Crippen molar-refractivity contribution >= 4 is 17.2 Å². The van der Waals surface area contributed by atoms with Crippen LogP contribution in [-0.2, 0) is 0 Å². The van der Waals surface area contributed by atoms with Crippen LogP contribution in [0.1, 0.15) is 5.56 Å². The van der Waals surface area contributed by atoms with E-state index in [4.69, 9.17) is 11.6 Å². The van der Waals surface area contributed by atoms with Crippen LogP contribution >= 0.6 is 11.6 Å². The Bertz CT molecular complexity index is 1060. The van der Waals surface area contributed by atoms with Gasteiger partial charge in [-0.15, -0.1) is 0 Å². The van der Waals surface area contributed by atoms with Gasteiger partial charge in [-0.2, -0.15) is 5.10 Å². The maximum absolute atomic E-state index is 13.5. The van der Waals surface area contributed by atoms with Gasteiger partial charge in [-0.25, -0.2) is 13.9 Å². The lowest BCUT2D eigenvalue weighted by atomic mass is 9.99. The molecule has 0 amide bonds. The number of hydrogen-bond acceptors (Lipinski definition) is 3. The molecule has 4 aromatic rings. The fourth-order valence-corrected chi connectivity index (χ4v) is 2.83. The lowest BCUT2D eigenvalue weighted by molar-refractivity contribution is 0.628. The van der Waals surface area contributed by atoms with Crippen molar-refractivity contribution in [2.75, 3.05) is 0 Å². The van der Waals surface area contributed by atoms with E-state index in [0.717, 1.165) is 33.6 Å². The largest absolute Gasteiger partial charge is 0.255 e. The molecule has 3 heterocycles. The summed E-state index contributed by atoms with van der Waals surface area (Å²) in [4.78, 5) is 8.76. The van der Waals surface area contributed by atoms with Crippen LogP contribution in [0.15, 0.2) is 55.1 Å². The second-order valence-corrected chi connectivity index (χ2v) is 5.92. The molecule has 0 bridgehead atoms. The summed E-state index contributed by atoms with van der Waals surface area (Å²) in [6.07, 6.45) is 5.14. The van der Waals surface area contributed by atoms with E-state index in [2.05, 4.69) is 15.1 Å². The third-order valence-corrected chi connectivity index (χ3v) is 4.10. The number of benzene rings is 1. The van der Waals surface area contributed by atoms with Gasteiger partial charge in [0.1, 0.15) is 12.1 Å². The Labute approximate surface area is 142 Å². The van der Waals surface area contributed by atoms with E-state index < -0.39 is 5.82 Å². The fourth-order valence-electron chi connectivity index (χ4n) is 2.65. The van der Waals surface area contributed by atoms with Crippen LogP contribution in [0.2, 0.25) is 5.02 Å². The van der Waals surface area contributed by atoms with Gasteiger partial charge in [0.05, 0.1) is 10.7 Å². The minimum Gasteiger partial charge on any atom is -0.255 e. The van der Waals surface area contributed by atoms with E-state index >= 15 is 0 Å². The predicted octanol–water partition coefficient (Wildman–Crippen LogP) is 4.56. The summed E-state index contributed by atoms with van der Waals surface area (Å²) in [6.45, 7) is 1.98. The molecule has 3 aromatic heterocycles. The number of hydrogen-bond donors (Lipinski definition) is 0. The molecule has 0 radical (unpaired) electrons. The highest BCUT2D eigenvalue weighted by Crippen LogP contribution is 2.33. The molecule has 24 heavy (non-hydrogen) atoms. The van der Waals surface area contributed by atoms with Gasteiger partial charge in [-0.05, 0) is 54.4 Å². The molecule has 4 nitrogen and oxygen atoms in total. The molecular formula is C18H12ClFN4. The van der Waals surface area contributed by atoms with Crippen LogP contribution in [-0.4, -0.2) is 19.6 Å². The third kappa shape index (κ3) is 2.53. The second kappa shape index (κ2) is 5.69. The standard InChI is InChI=1S/C18H12ClFN4/c1-11-6-14(12-4-5-24-17(8-12)22-10-23-24)18(21-9-11)13-2-3-16(20)15(19)7-13/h2-10H,1H3. The van der Waals surface area contributed by atoms with Crippen LogP contribution in [0.25, 0.3) is 28.0 Å². The first-order chi connectivity index (χ1) is 11.6. The maximum atomic E-state index is 13.5. The number of nitrogens with zero attached hydrogens (tertiary/aromatic N) is 4. The molecule has 0 aliphatic rings. The lowest BCUT2D eigenvalue weighted by Gasteiger charge is -2.11. The number of pyridine rings is 2. The highest BCUT2D eigenvalue weighted by atomic mass is 35.5. The Morgan fingerprint density at radius 1 is 1.04 bits per heavy atom. The van der Waals surface area contributed by atoms with Crippen LogP contribution in [0.4, 0.5) is 4.39 Å². The maximum Gasteiger partial charge on any atom is 0.155 e. The number of aryl methyl sites for hydroxylation is 1. The van der Waals surface area contributed by atoms with Gasteiger partial charge in [0.15, 0.2) is 5.65 Å². The Morgan fingerprint density at radius 3 is 2.75 bits per heavy atom. The minimum atomic E-state index is -0.445. The van der Waals surface area contributed by atoms with Gasteiger partial charge in [-0.1, -0.05) is 11.6 Å². The van der Waals surface area contributed by atoms with Crippen molar-refractivity contribution in [1.82, 2.24) is 19.6 Å². The van der Waals surface area contributed by atoms with Gasteiger partial charge < -0.3 is 0 Å². The smallest absolute Gasteiger partial charge is 0.155 e. The molecule has 118 valence electrons. The number of fused-ring (bicyclic) bond motifs is 1. The van der Waals surface area contributed by atoms with Crippen molar-refractivity contribution in [3.05, 3.63) is 71.5 Å². The quantitative estimate of drug-likeness (QED) is 0.538. The van der Waals surface area contributed by atoms with Crippen LogP contribution in [0.3, 0.4) is 0 Å². The molecule has 0 saturated carbocycles. The average molecular weight is 339 g/mol. The van der Waals surface area contributed by atoms with Crippen molar-refractivity contribution in [1.29, 1.82) is 0 Å². The number of rotatable bonds is 2. The van der Waals surface area contributed by atoms with Crippen molar-refractivity contribution in [2.24, 2.45) is 0 Å². The molecule has 0 aliphatic carbocycles. The van der Waals surface area contributed by atoms with E-state index in [0.29, 0.717) is 0 Å². The van der Waals surface area contributed by atoms with E-state index in [1.807, 2.05) is 31.3 Å². The molecule has 4 rings (SSSR count). The van der Waals surface area contributed by atoms with Crippen LogP contribution in [0.5, 0.6) is 0 Å². The van der Waals surface area contributed by atoms with Crippen LogP contribution < -0.4 is 0 Å². The zero-order valence-electron chi connectivity index (χ0n) is 12.7. The van der Waals surface area contributed by atoms with Crippen molar-refractivity contribution in [3.63, 3.8) is 0 Å². The van der Waals surface area contributed by atoms with Gasteiger partial charge in [-0.3, -0.25) is 4.98 Å². The summed E-state index contributed by atoms with van der Waals surface area (Å²) in [5.74, 6) is -0.445. The SMILES string of the molecule is Cc1cnc(-c2ccc(F)c(Cl)c2)c(-c2ccn3ncnc3c2)c1. The van der Waals surface area contributed by atoms with Crippen molar-refractivity contribution in [2.45, 2.75) is 6.92 Å². The molecule has 6 heteroatoms. The molecule has 0 unspecified atom stereocenters. The predicted molar refractivity (Wildman–Crippen MR) is 91.4 cm³/mol. The summed E-state index contributed by atoms with van der Waals surface area (Å²) in [6, 6.07) is 10.6. The topological polar surface area (TPSA) is 43.1 Å². The van der Waals surface area contributed by atoms with Crippen molar-refractivity contribution < 1.29 is 4.39 Å². The molecule has 0 saturated heterocycles. The molecular weight excluding hydrogens is 327 g/mol. The average Bonchev–Trinajstić information content (AvgIpc) is 3.05. The van der Waals surface area contributed by atoms with Gasteiger partial charge in [0.2, 0.25) is 0 Å². The van der Waals surface area contributed by atoms with E-state index in [1.54, 1.807) is 22.8 Å². The van der Waals surface area contributed by atoms with E-state index in [1.165, 1.54) is 12.4 Å². The second-order valence-electron chi connectivity index (χ2n) is 5.52.